The summed E-state index contributed by atoms with van der Waals surface area (Å²) in [5.41, 5.74) is 3.38. The quantitative estimate of drug-likeness (QED) is 0.737. The second-order valence-electron chi connectivity index (χ2n) is 4.30. The molecule has 88 valence electrons. The summed E-state index contributed by atoms with van der Waals surface area (Å²) in [7, 11) is 0. The third-order valence-corrected chi connectivity index (χ3v) is 3.77. The highest BCUT2D eigenvalue weighted by atomic mass is 32.1. The molecule has 0 bridgehead atoms. The van der Waals surface area contributed by atoms with Crippen LogP contribution in [0.1, 0.15) is 32.8 Å². The minimum atomic E-state index is 0.254. The molecule has 0 amide bonds. The van der Waals surface area contributed by atoms with Gasteiger partial charge >= 0.3 is 0 Å². The third-order valence-electron chi connectivity index (χ3n) is 2.92. The summed E-state index contributed by atoms with van der Waals surface area (Å²) in [5, 5.41) is 1.98. The average Bonchev–Trinajstić information content (AvgIpc) is 2.74. The number of carbonyl (C=O) groups excluding carboxylic acids is 1. The third kappa shape index (κ3) is 3.04. The summed E-state index contributed by atoms with van der Waals surface area (Å²) in [5.74, 6) is 0.254. The topological polar surface area (TPSA) is 17.1 Å². The van der Waals surface area contributed by atoms with Gasteiger partial charge in [-0.25, -0.2) is 0 Å². The normalized spacial score (nSPS) is 10.5. The molecule has 0 fully saturated rings. The maximum absolute atomic E-state index is 12.0. The highest BCUT2D eigenvalue weighted by Crippen LogP contribution is 2.18. The standard InChI is InChI=1S/C15H16OS/c1-11-3-5-13(6-4-11)7-8-15(16)14-9-10-17-12(14)2/h3-6,9-10H,7-8H2,1-2H3. The molecule has 2 rings (SSSR count). The van der Waals surface area contributed by atoms with Crippen LogP contribution in [0.2, 0.25) is 0 Å². The maximum atomic E-state index is 12.0. The molecule has 2 heteroatoms. The van der Waals surface area contributed by atoms with Crippen LogP contribution in [-0.4, -0.2) is 5.78 Å². The monoisotopic (exact) mass is 244 g/mol. The van der Waals surface area contributed by atoms with Crippen molar-refractivity contribution < 1.29 is 4.79 Å². The minimum Gasteiger partial charge on any atom is -0.294 e. The number of benzene rings is 1. The van der Waals surface area contributed by atoms with Crippen LogP contribution in [0.4, 0.5) is 0 Å². The van der Waals surface area contributed by atoms with Crippen LogP contribution in [-0.2, 0) is 6.42 Å². The number of ketones is 1. The van der Waals surface area contributed by atoms with Crippen molar-refractivity contribution in [2.24, 2.45) is 0 Å². The van der Waals surface area contributed by atoms with Crippen LogP contribution in [0.3, 0.4) is 0 Å². The first-order chi connectivity index (χ1) is 8.16. The van der Waals surface area contributed by atoms with Crippen molar-refractivity contribution in [1.82, 2.24) is 0 Å². The van der Waals surface area contributed by atoms with Gasteiger partial charge < -0.3 is 0 Å². The molecule has 0 atom stereocenters. The van der Waals surface area contributed by atoms with Gasteiger partial charge in [-0.1, -0.05) is 29.8 Å². The van der Waals surface area contributed by atoms with E-state index in [4.69, 9.17) is 0 Å². The molecule has 0 saturated heterocycles. The number of aryl methyl sites for hydroxylation is 3. The first kappa shape index (κ1) is 12.1. The maximum Gasteiger partial charge on any atom is 0.164 e. The van der Waals surface area contributed by atoms with Gasteiger partial charge in [0, 0.05) is 16.9 Å². The molecule has 0 saturated carbocycles. The molecule has 1 aromatic carbocycles. The zero-order valence-electron chi connectivity index (χ0n) is 10.2. The van der Waals surface area contributed by atoms with E-state index in [-0.39, 0.29) is 5.78 Å². The van der Waals surface area contributed by atoms with Crippen LogP contribution >= 0.6 is 11.3 Å². The first-order valence-electron chi connectivity index (χ1n) is 5.79. The molecule has 1 aromatic heterocycles. The molecule has 0 aliphatic carbocycles. The molecule has 0 N–H and O–H groups in total. The second kappa shape index (κ2) is 5.28. The van der Waals surface area contributed by atoms with Crippen molar-refractivity contribution in [2.45, 2.75) is 26.7 Å². The van der Waals surface area contributed by atoms with E-state index < -0.39 is 0 Å². The molecule has 17 heavy (non-hydrogen) atoms. The van der Waals surface area contributed by atoms with Crippen LogP contribution in [0.15, 0.2) is 35.7 Å². The lowest BCUT2D eigenvalue weighted by molar-refractivity contribution is 0.0983. The van der Waals surface area contributed by atoms with Gasteiger partial charge in [0.15, 0.2) is 5.78 Å². The summed E-state index contributed by atoms with van der Waals surface area (Å²) in [6.45, 7) is 4.08. The zero-order chi connectivity index (χ0) is 12.3. The predicted molar refractivity (Wildman–Crippen MR) is 72.9 cm³/mol. The van der Waals surface area contributed by atoms with E-state index in [0.717, 1.165) is 16.9 Å². The van der Waals surface area contributed by atoms with E-state index in [2.05, 4.69) is 31.2 Å². The van der Waals surface area contributed by atoms with Gasteiger partial charge in [0.2, 0.25) is 0 Å². The fourth-order valence-corrected chi connectivity index (χ4v) is 2.54. The van der Waals surface area contributed by atoms with Gasteiger partial charge in [-0.2, -0.15) is 0 Å². The van der Waals surface area contributed by atoms with E-state index in [1.165, 1.54) is 11.1 Å². The molecule has 0 unspecified atom stereocenters. The molecule has 2 aromatic rings. The molecular formula is C15H16OS. The van der Waals surface area contributed by atoms with E-state index in [9.17, 15) is 4.79 Å². The van der Waals surface area contributed by atoms with Crippen molar-refractivity contribution >= 4 is 17.1 Å². The minimum absolute atomic E-state index is 0.254. The van der Waals surface area contributed by atoms with Gasteiger partial charge in [-0.05, 0) is 37.3 Å². The van der Waals surface area contributed by atoms with E-state index >= 15 is 0 Å². The van der Waals surface area contributed by atoms with Crippen molar-refractivity contribution in [3.05, 3.63) is 57.3 Å². The highest BCUT2D eigenvalue weighted by Gasteiger charge is 2.09. The van der Waals surface area contributed by atoms with Crippen molar-refractivity contribution in [2.75, 3.05) is 0 Å². The average molecular weight is 244 g/mol. The SMILES string of the molecule is Cc1ccc(CCC(=O)c2ccsc2C)cc1. The summed E-state index contributed by atoms with van der Waals surface area (Å²) < 4.78 is 0. The van der Waals surface area contributed by atoms with Crippen LogP contribution in [0, 0.1) is 13.8 Å². The van der Waals surface area contributed by atoms with Crippen LogP contribution in [0.5, 0.6) is 0 Å². The Balaban J connectivity index is 1.97. The largest absolute Gasteiger partial charge is 0.294 e. The van der Waals surface area contributed by atoms with Gasteiger partial charge in [0.05, 0.1) is 0 Å². The number of carbonyl (C=O) groups is 1. The predicted octanol–water partition coefficient (Wildman–Crippen LogP) is 4.18. The second-order valence-corrected chi connectivity index (χ2v) is 5.42. The fraction of sp³-hybridized carbons (Fsp3) is 0.267. The van der Waals surface area contributed by atoms with Gasteiger partial charge in [-0.3, -0.25) is 4.79 Å². The number of thiophene rings is 1. The van der Waals surface area contributed by atoms with Crippen molar-refractivity contribution in [3.8, 4) is 0 Å². The van der Waals surface area contributed by atoms with E-state index in [0.29, 0.717) is 6.42 Å². The molecule has 0 radical (unpaired) electrons. The Morgan fingerprint density at radius 1 is 1.12 bits per heavy atom. The molecule has 0 spiro atoms. The van der Waals surface area contributed by atoms with Crippen molar-refractivity contribution in [3.63, 3.8) is 0 Å². The Morgan fingerprint density at radius 3 is 2.41 bits per heavy atom. The lowest BCUT2D eigenvalue weighted by Gasteiger charge is -2.02. The Bertz CT molecular complexity index is 508. The van der Waals surface area contributed by atoms with Gasteiger partial charge in [0.1, 0.15) is 0 Å². The van der Waals surface area contributed by atoms with Gasteiger partial charge in [0.25, 0.3) is 0 Å². The Morgan fingerprint density at radius 2 is 1.82 bits per heavy atom. The van der Waals surface area contributed by atoms with Crippen molar-refractivity contribution in [1.29, 1.82) is 0 Å². The van der Waals surface area contributed by atoms with E-state index in [1.54, 1.807) is 11.3 Å². The fourth-order valence-electron chi connectivity index (χ4n) is 1.82. The molecule has 0 aliphatic heterocycles. The molecule has 1 nitrogen and oxygen atoms in total. The Labute approximate surface area is 106 Å². The molecular weight excluding hydrogens is 228 g/mol. The molecule has 1 heterocycles. The number of hydrogen-bond donors (Lipinski definition) is 0. The summed E-state index contributed by atoms with van der Waals surface area (Å²) >= 11 is 1.64. The van der Waals surface area contributed by atoms with Gasteiger partial charge in [-0.15, -0.1) is 11.3 Å². The van der Waals surface area contributed by atoms with Crippen LogP contribution < -0.4 is 0 Å². The smallest absolute Gasteiger partial charge is 0.164 e. The molecule has 0 aliphatic rings. The number of Topliss-reactive ketones (excluding diaryl/α,β-unsaturated/α-hetero) is 1. The van der Waals surface area contributed by atoms with Crippen LogP contribution in [0.25, 0.3) is 0 Å². The summed E-state index contributed by atoms with van der Waals surface area (Å²) in [6.07, 6.45) is 1.43. The van der Waals surface area contributed by atoms with E-state index in [1.807, 2.05) is 18.4 Å². The Hall–Kier alpha value is -1.41. The first-order valence-corrected chi connectivity index (χ1v) is 6.67. The highest BCUT2D eigenvalue weighted by molar-refractivity contribution is 7.10. The lowest BCUT2D eigenvalue weighted by atomic mass is 10.0. The summed E-state index contributed by atoms with van der Waals surface area (Å²) in [6, 6.07) is 10.3. The summed E-state index contributed by atoms with van der Waals surface area (Å²) in [4.78, 5) is 13.1. The number of hydrogen-bond acceptors (Lipinski definition) is 2. The number of rotatable bonds is 4. The lowest BCUT2D eigenvalue weighted by Crippen LogP contribution is -2.01. The zero-order valence-corrected chi connectivity index (χ0v) is 11.0. The Kier molecular flexibility index (Phi) is 3.75.